The molecule has 1 heterocycles. The summed E-state index contributed by atoms with van der Waals surface area (Å²) in [6.07, 6.45) is 0. The van der Waals surface area contributed by atoms with Gasteiger partial charge >= 0.3 is 0 Å². The van der Waals surface area contributed by atoms with Crippen molar-refractivity contribution in [2.45, 2.75) is 27.4 Å². The van der Waals surface area contributed by atoms with Gasteiger partial charge in [-0.3, -0.25) is 0 Å². The zero-order valence-electron chi connectivity index (χ0n) is 10.3. The lowest BCUT2D eigenvalue weighted by atomic mass is 10.1. The van der Waals surface area contributed by atoms with Crippen LogP contribution in [0, 0.1) is 6.92 Å². The first-order valence-corrected chi connectivity index (χ1v) is 5.48. The minimum atomic E-state index is 0.494. The second kappa shape index (κ2) is 5.56. The number of benzene rings is 1. The largest absolute Gasteiger partial charge is 0.458 e. The minimum absolute atomic E-state index is 0.494. The normalized spacial score (nSPS) is 10.0. The molecule has 16 heavy (non-hydrogen) atoms. The van der Waals surface area contributed by atoms with Gasteiger partial charge in [-0.15, -0.1) is 0 Å². The van der Waals surface area contributed by atoms with E-state index in [-0.39, 0.29) is 0 Å². The van der Waals surface area contributed by atoms with Crippen LogP contribution in [0.2, 0.25) is 0 Å². The number of anilines is 1. The third kappa shape index (κ3) is 2.55. The molecule has 0 saturated heterocycles. The molecule has 0 amide bonds. The highest BCUT2D eigenvalue weighted by Gasteiger charge is 2.06. The van der Waals surface area contributed by atoms with Crippen LogP contribution in [0.4, 0.5) is 5.69 Å². The maximum Gasteiger partial charge on any atom is 0.137 e. The van der Waals surface area contributed by atoms with Crippen molar-refractivity contribution in [3.8, 4) is 0 Å². The number of ether oxygens (including phenoxy) is 1. The lowest BCUT2D eigenvalue weighted by Gasteiger charge is -1.96. The van der Waals surface area contributed by atoms with E-state index in [0.717, 1.165) is 28.0 Å². The van der Waals surface area contributed by atoms with Gasteiger partial charge in [0.15, 0.2) is 0 Å². The van der Waals surface area contributed by atoms with Gasteiger partial charge in [0.1, 0.15) is 18.0 Å². The third-order valence-electron chi connectivity index (χ3n) is 2.16. The molecule has 0 fully saturated rings. The summed E-state index contributed by atoms with van der Waals surface area (Å²) in [7, 11) is 1.65. The maximum absolute atomic E-state index is 5.74. The number of methoxy groups -OCH3 is 1. The van der Waals surface area contributed by atoms with Crippen molar-refractivity contribution in [1.82, 2.24) is 0 Å². The SMILES string of the molecule is CC.COCc1cc2cc(N)cc(C)c2o1. The molecule has 1 aromatic carbocycles. The monoisotopic (exact) mass is 221 g/mol. The Morgan fingerprint density at radius 2 is 1.94 bits per heavy atom. The van der Waals surface area contributed by atoms with Gasteiger partial charge in [0.2, 0.25) is 0 Å². The van der Waals surface area contributed by atoms with E-state index in [9.17, 15) is 0 Å². The van der Waals surface area contributed by atoms with Crippen molar-refractivity contribution in [3.63, 3.8) is 0 Å². The van der Waals surface area contributed by atoms with E-state index in [0.29, 0.717) is 6.61 Å². The number of aryl methyl sites for hydroxylation is 1. The Hall–Kier alpha value is -1.48. The van der Waals surface area contributed by atoms with Gasteiger partial charge in [-0.1, -0.05) is 13.8 Å². The first-order chi connectivity index (χ1) is 7.70. The van der Waals surface area contributed by atoms with E-state index in [1.54, 1.807) is 7.11 Å². The quantitative estimate of drug-likeness (QED) is 0.789. The van der Waals surface area contributed by atoms with Crippen molar-refractivity contribution < 1.29 is 9.15 Å². The number of nitrogens with two attached hydrogens (primary N) is 1. The van der Waals surface area contributed by atoms with Crippen molar-refractivity contribution in [2.75, 3.05) is 12.8 Å². The van der Waals surface area contributed by atoms with E-state index in [1.807, 2.05) is 39.0 Å². The van der Waals surface area contributed by atoms with E-state index in [1.165, 1.54) is 0 Å². The highest BCUT2D eigenvalue weighted by molar-refractivity contribution is 5.84. The molecule has 3 nitrogen and oxygen atoms in total. The number of nitrogen functional groups attached to an aromatic ring is 1. The van der Waals surface area contributed by atoms with Gasteiger partial charge in [0.05, 0.1) is 0 Å². The molecule has 0 radical (unpaired) electrons. The second-order valence-electron chi connectivity index (χ2n) is 3.40. The first-order valence-electron chi connectivity index (χ1n) is 5.48. The van der Waals surface area contributed by atoms with E-state index < -0.39 is 0 Å². The maximum atomic E-state index is 5.74. The third-order valence-corrected chi connectivity index (χ3v) is 2.16. The number of hydrogen-bond acceptors (Lipinski definition) is 3. The Bertz CT molecular complexity index is 460. The average Bonchev–Trinajstić information content (AvgIpc) is 2.64. The minimum Gasteiger partial charge on any atom is -0.458 e. The average molecular weight is 221 g/mol. The molecule has 2 N–H and O–H groups in total. The summed E-state index contributed by atoms with van der Waals surface area (Å²) in [5.41, 5.74) is 8.45. The van der Waals surface area contributed by atoms with Crippen molar-refractivity contribution in [1.29, 1.82) is 0 Å². The predicted molar refractivity (Wildman–Crippen MR) is 67.4 cm³/mol. The van der Waals surface area contributed by atoms with Gasteiger partial charge in [0.25, 0.3) is 0 Å². The first kappa shape index (κ1) is 12.6. The van der Waals surface area contributed by atoms with Crippen LogP contribution in [0.25, 0.3) is 11.0 Å². The molecule has 0 aliphatic heterocycles. The molecule has 3 heteroatoms. The molecule has 2 aromatic rings. The molecule has 0 saturated carbocycles. The number of rotatable bonds is 2. The van der Waals surface area contributed by atoms with E-state index >= 15 is 0 Å². The fraction of sp³-hybridized carbons (Fsp3) is 0.385. The zero-order valence-corrected chi connectivity index (χ0v) is 10.3. The molecule has 0 aliphatic carbocycles. The van der Waals surface area contributed by atoms with Gasteiger partial charge in [-0.25, -0.2) is 0 Å². The Balaban J connectivity index is 0.000000606. The zero-order chi connectivity index (χ0) is 12.1. The summed E-state index contributed by atoms with van der Waals surface area (Å²) in [6.45, 7) is 6.48. The smallest absolute Gasteiger partial charge is 0.137 e. The molecule has 0 unspecified atom stereocenters. The molecule has 1 aromatic heterocycles. The van der Waals surface area contributed by atoms with Crippen molar-refractivity contribution in [2.24, 2.45) is 0 Å². The van der Waals surface area contributed by atoms with Gasteiger partial charge < -0.3 is 14.9 Å². The Labute approximate surface area is 96.2 Å². The fourth-order valence-electron chi connectivity index (χ4n) is 1.62. The molecular formula is C13H19NO2. The molecule has 2 rings (SSSR count). The van der Waals surface area contributed by atoms with Crippen LogP contribution in [0.5, 0.6) is 0 Å². The predicted octanol–water partition coefficient (Wildman–Crippen LogP) is 3.50. The van der Waals surface area contributed by atoms with Gasteiger partial charge in [0, 0.05) is 18.2 Å². The Kier molecular flexibility index (Phi) is 4.38. The topological polar surface area (TPSA) is 48.4 Å². The second-order valence-corrected chi connectivity index (χ2v) is 3.40. The summed E-state index contributed by atoms with van der Waals surface area (Å²) in [4.78, 5) is 0. The Morgan fingerprint density at radius 1 is 1.25 bits per heavy atom. The fourth-order valence-corrected chi connectivity index (χ4v) is 1.62. The summed E-state index contributed by atoms with van der Waals surface area (Å²) in [5.74, 6) is 0.830. The lowest BCUT2D eigenvalue weighted by Crippen LogP contribution is -1.84. The summed E-state index contributed by atoms with van der Waals surface area (Å²) < 4.78 is 10.6. The van der Waals surface area contributed by atoms with Crippen LogP contribution in [-0.4, -0.2) is 7.11 Å². The summed E-state index contributed by atoms with van der Waals surface area (Å²) in [6, 6.07) is 5.77. The number of furan rings is 1. The Morgan fingerprint density at radius 3 is 2.56 bits per heavy atom. The molecule has 0 spiro atoms. The van der Waals surface area contributed by atoms with E-state index in [2.05, 4.69) is 0 Å². The molecule has 0 bridgehead atoms. The molecule has 88 valence electrons. The number of hydrogen-bond donors (Lipinski definition) is 1. The molecular weight excluding hydrogens is 202 g/mol. The van der Waals surface area contributed by atoms with Gasteiger partial charge in [-0.2, -0.15) is 0 Å². The van der Waals surface area contributed by atoms with Crippen molar-refractivity contribution in [3.05, 3.63) is 29.5 Å². The van der Waals surface area contributed by atoms with Crippen LogP contribution >= 0.6 is 0 Å². The van der Waals surface area contributed by atoms with Crippen LogP contribution in [0.1, 0.15) is 25.2 Å². The van der Waals surface area contributed by atoms with Crippen LogP contribution in [0.3, 0.4) is 0 Å². The standard InChI is InChI=1S/C11H13NO2.C2H6/c1-7-3-9(12)4-8-5-10(6-13-2)14-11(7)8;1-2/h3-5H,6,12H2,1-2H3;1-2H3. The highest BCUT2D eigenvalue weighted by atomic mass is 16.5. The molecule has 0 aliphatic rings. The summed E-state index contributed by atoms with van der Waals surface area (Å²) in [5, 5.41) is 1.04. The van der Waals surface area contributed by atoms with Crippen LogP contribution < -0.4 is 5.73 Å². The van der Waals surface area contributed by atoms with Crippen molar-refractivity contribution >= 4 is 16.7 Å². The van der Waals surface area contributed by atoms with Crippen LogP contribution in [-0.2, 0) is 11.3 Å². The van der Waals surface area contributed by atoms with Crippen LogP contribution in [0.15, 0.2) is 22.6 Å². The lowest BCUT2D eigenvalue weighted by molar-refractivity contribution is 0.166. The highest BCUT2D eigenvalue weighted by Crippen LogP contribution is 2.25. The van der Waals surface area contributed by atoms with Gasteiger partial charge in [-0.05, 0) is 30.7 Å². The summed E-state index contributed by atoms with van der Waals surface area (Å²) >= 11 is 0. The van der Waals surface area contributed by atoms with E-state index in [4.69, 9.17) is 14.9 Å². The molecule has 0 atom stereocenters. The number of fused-ring (bicyclic) bond motifs is 1.